The van der Waals surface area contributed by atoms with Crippen LogP contribution in [0.3, 0.4) is 0 Å². The molecule has 0 aliphatic rings. The summed E-state index contributed by atoms with van der Waals surface area (Å²) in [4.78, 5) is 9.12. The van der Waals surface area contributed by atoms with Crippen LogP contribution in [0.25, 0.3) is 22.3 Å². The number of benzene rings is 2. The number of para-hydroxylation sites is 2. The molecule has 0 amide bonds. The van der Waals surface area contributed by atoms with Gasteiger partial charge < -0.3 is 0 Å². The van der Waals surface area contributed by atoms with Crippen LogP contribution in [0.4, 0.5) is 0 Å². The van der Waals surface area contributed by atoms with Crippen LogP contribution in [0.15, 0.2) is 48.7 Å². The van der Waals surface area contributed by atoms with Gasteiger partial charge in [0.25, 0.3) is 0 Å². The van der Waals surface area contributed by atoms with Gasteiger partial charge in [0.15, 0.2) is 0 Å². The molecular weight excluding hydrogens is 220 g/mol. The first kappa shape index (κ1) is 10.9. The van der Waals surface area contributed by atoms with Gasteiger partial charge >= 0.3 is 0 Å². The molecule has 1 aromatic heterocycles. The molecule has 0 unspecified atom stereocenters. The molecule has 18 heavy (non-hydrogen) atoms. The van der Waals surface area contributed by atoms with E-state index >= 15 is 0 Å². The molecular formula is C16H14N2. The summed E-state index contributed by atoms with van der Waals surface area (Å²) in [6.45, 7) is 4.20. The number of hydrogen-bond donors (Lipinski definition) is 0. The molecule has 1 heterocycles. The lowest BCUT2D eigenvalue weighted by molar-refractivity contribution is 1.28. The zero-order valence-corrected chi connectivity index (χ0v) is 10.5. The van der Waals surface area contributed by atoms with Gasteiger partial charge in [-0.2, -0.15) is 0 Å². The van der Waals surface area contributed by atoms with Crippen LogP contribution in [0.1, 0.15) is 11.1 Å². The zero-order chi connectivity index (χ0) is 12.5. The fourth-order valence-corrected chi connectivity index (χ4v) is 2.22. The van der Waals surface area contributed by atoms with Crippen LogP contribution in [0, 0.1) is 13.8 Å². The molecule has 0 aliphatic carbocycles. The second-order valence-electron chi connectivity index (χ2n) is 4.62. The van der Waals surface area contributed by atoms with Crippen molar-refractivity contribution in [3.8, 4) is 11.3 Å². The van der Waals surface area contributed by atoms with Gasteiger partial charge in [-0.05, 0) is 38.1 Å². The highest BCUT2D eigenvalue weighted by Crippen LogP contribution is 2.21. The zero-order valence-electron chi connectivity index (χ0n) is 10.5. The number of hydrogen-bond acceptors (Lipinski definition) is 2. The number of aryl methyl sites for hydroxylation is 2. The molecule has 3 rings (SSSR count). The minimum absolute atomic E-state index is 0.931. The molecule has 0 saturated heterocycles. The minimum atomic E-state index is 0.931. The molecule has 0 atom stereocenters. The quantitative estimate of drug-likeness (QED) is 0.638. The van der Waals surface area contributed by atoms with Crippen LogP contribution in [-0.4, -0.2) is 9.97 Å². The number of aromatic nitrogens is 2. The molecule has 2 nitrogen and oxygen atoms in total. The first-order chi connectivity index (χ1) is 8.72. The fourth-order valence-electron chi connectivity index (χ4n) is 2.22. The summed E-state index contributed by atoms with van der Waals surface area (Å²) in [6, 6.07) is 14.4. The molecule has 2 aromatic carbocycles. The monoisotopic (exact) mass is 234 g/mol. The van der Waals surface area contributed by atoms with E-state index in [9.17, 15) is 0 Å². The summed E-state index contributed by atoms with van der Waals surface area (Å²) >= 11 is 0. The number of nitrogens with zero attached hydrogens (tertiary/aromatic N) is 2. The summed E-state index contributed by atoms with van der Waals surface area (Å²) < 4.78 is 0. The Morgan fingerprint density at radius 2 is 1.50 bits per heavy atom. The molecule has 0 spiro atoms. The third-order valence-electron chi connectivity index (χ3n) is 2.97. The van der Waals surface area contributed by atoms with Crippen molar-refractivity contribution >= 4 is 11.0 Å². The highest BCUT2D eigenvalue weighted by atomic mass is 14.8. The lowest BCUT2D eigenvalue weighted by Gasteiger charge is -2.05. The molecule has 0 N–H and O–H groups in total. The summed E-state index contributed by atoms with van der Waals surface area (Å²) in [5.41, 5.74) is 6.44. The fraction of sp³-hybridized carbons (Fsp3) is 0.125. The van der Waals surface area contributed by atoms with E-state index in [2.05, 4.69) is 42.0 Å². The minimum Gasteiger partial charge on any atom is -0.252 e. The Morgan fingerprint density at radius 1 is 0.833 bits per heavy atom. The Balaban J connectivity index is 2.19. The third-order valence-corrected chi connectivity index (χ3v) is 2.97. The largest absolute Gasteiger partial charge is 0.252 e. The van der Waals surface area contributed by atoms with Crippen LogP contribution >= 0.6 is 0 Å². The third kappa shape index (κ3) is 1.97. The maximum Gasteiger partial charge on any atom is 0.0894 e. The summed E-state index contributed by atoms with van der Waals surface area (Å²) in [5, 5.41) is 0. The number of fused-ring (bicyclic) bond motifs is 1. The molecule has 0 radical (unpaired) electrons. The molecule has 0 bridgehead atoms. The van der Waals surface area contributed by atoms with E-state index < -0.39 is 0 Å². The van der Waals surface area contributed by atoms with Gasteiger partial charge in [-0.15, -0.1) is 0 Å². The SMILES string of the molecule is Cc1cc(C)cc(-c2cnc3ccccc3n2)c1. The second-order valence-corrected chi connectivity index (χ2v) is 4.62. The van der Waals surface area contributed by atoms with Crippen molar-refractivity contribution < 1.29 is 0 Å². The first-order valence-electron chi connectivity index (χ1n) is 6.03. The molecule has 2 heteroatoms. The van der Waals surface area contributed by atoms with Crippen LogP contribution in [0.5, 0.6) is 0 Å². The van der Waals surface area contributed by atoms with E-state index in [0.29, 0.717) is 0 Å². The van der Waals surface area contributed by atoms with Crippen LogP contribution in [0.2, 0.25) is 0 Å². The maximum atomic E-state index is 4.67. The highest BCUT2D eigenvalue weighted by Gasteiger charge is 2.03. The first-order valence-corrected chi connectivity index (χ1v) is 6.03. The standard InChI is InChI=1S/C16H14N2/c1-11-7-12(2)9-13(8-11)16-10-17-14-5-3-4-6-15(14)18-16/h3-10H,1-2H3. The van der Waals surface area contributed by atoms with Crippen molar-refractivity contribution in [1.29, 1.82) is 0 Å². The van der Waals surface area contributed by atoms with Gasteiger partial charge in [0, 0.05) is 5.56 Å². The second kappa shape index (κ2) is 4.22. The predicted octanol–water partition coefficient (Wildman–Crippen LogP) is 3.91. The van der Waals surface area contributed by atoms with E-state index in [4.69, 9.17) is 0 Å². The predicted molar refractivity (Wildman–Crippen MR) is 74.4 cm³/mol. The van der Waals surface area contributed by atoms with Crippen LogP contribution in [-0.2, 0) is 0 Å². The van der Waals surface area contributed by atoms with E-state index in [0.717, 1.165) is 22.3 Å². The topological polar surface area (TPSA) is 25.8 Å². The van der Waals surface area contributed by atoms with Crippen molar-refractivity contribution in [3.63, 3.8) is 0 Å². The average Bonchev–Trinajstić information content (AvgIpc) is 2.37. The van der Waals surface area contributed by atoms with Crippen molar-refractivity contribution in [2.45, 2.75) is 13.8 Å². The summed E-state index contributed by atoms with van der Waals surface area (Å²) in [6.07, 6.45) is 1.84. The molecule has 0 aliphatic heterocycles. The Labute approximate surface area is 106 Å². The lowest BCUT2D eigenvalue weighted by Crippen LogP contribution is -1.89. The summed E-state index contributed by atoms with van der Waals surface area (Å²) in [5.74, 6) is 0. The van der Waals surface area contributed by atoms with Gasteiger partial charge in [-0.3, -0.25) is 4.98 Å². The Kier molecular flexibility index (Phi) is 2.56. The van der Waals surface area contributed by atoms with Crippen molar-refractivity contribution in [2.24, 2.45) is 0 Å². The average molecular weight is 234 g/mol. The van der Waals surface area contributed by atoms with E-state index in [-0.39, 0.29) is 0 Å². The Hall–Kier alpha value is -2.22. The Bertz CT molecular complexity index is 697. The maximum absolute atomic E-state index is 4.67. The van der Waals surface area contributed by atoms with E-state index in [1.807, 2.05) is 30.5 Å². The number of rotatable bonds is 1. The molecule has 0 saturated carbocycles. The molecule has 3 aromatic rings. The van der Waals surface area contributed by atoms with Gasteiger partial charge in [0.1, 0.15) is 0 Å². The van der Waals surface area contributed by atoms with Crippen molar-refractivity contribution in [1.82, 2.24) is 9.97 Å². The van der Waals surface area contributed by atoms with Crippen molar-refractivity contribution in [3.05, 3.63) is 59.8 Å². The van der Waals surface area contributed by atoms with Gasteiger partial charge in [0.2, 0.25) is 0 Å². The van der Waals surface area contributed by atoms with Gasteiger partial charge in [-0.1, -0.05) is 29.3 Å². The Morgan fingerprint density at radius 3 is 2.22 bits per heavy atom. The lowest BCUT2D eigenvalue weighted by atomic mass is 10.1. The molecule has 88 valence electrons. The summed E-state index contributed by atoms with van der Waals surface area (Å²) in [7, 11) is 0. The van der Waals surface area contributed by atoms with Crippen LogP contribution < -0.4 is 0 Å². The van der Waals surface area contributed by atoms with Crippen molar-refractivity contribution in [2.75, 3.05) is 0 Å². The van der Waals surface area contributed by atoms with E-state index in [1.165, 1.54) is 11.1 Å². The molecule has 0 fully saturated rings. The van der Waals surface area contributed by atoms with Gasteiger partial charge in [-0.25, -0.2) is 4.98 Å². The van der Waals surface area contributed by atoms with Gasteiger partial charge in [0.05, 0.1) is 22.9 Å². The van der Waals surface area contributed by atoms with E-state index in [1.54, 1.807) is 0 Å². The smallest absolute Gasteiger partial charge is 0.0894 e. The normalized spacial score (nSPS) is 10.8. The highest BCUT2D eigenvalue weighted by molar-refractivity contribution is 5.77.